The first-order valence-corrected chi connectivity index (χ1v) is 11.9. The van der Waals surface area contributed by atoms with Gasteiger partial charge in [-0.1, -0.05) is 18.1 Å². The zero-order valence-electron chi connectivity index (χ0n) is 18.0. The van der Waals surface area contributed by atoms with Gasteiger partial charge in [0.05, 0.1) is 10.5 Å². The Balaban J connectivity index is 1.48. The lowest BCUT2D eigenvalue weighted by molar-refractivity contribution is -0.137. The summed E-state index contributed by atoms with van der Waals surface area (Å²) in [5, 5.41) is 9.80. The maximum atomic E-state index is 13.0. The summed E-state index contributed by atoms with van der Waals surface area (Å²) in [6.07, 6.45) is -2.73. The summed E-state index contributed by atoms with van der Waals surface area (Å²) in [4.78, 5) is 12.7. The van der Waals surface area contributed by atoms with Gasteiger partial charge in [0.2, 0.25) is 15.9 Å². The monoisotopic (exact) mass is 494 g/mol. The highest BCUT2D eigenvalue weighted by Crippen LogP contribution is 2.31. The number of benzene rings is 2. The third kappa shape index (κ3) is 5.12. The minimum atomic E-state index is -4.47. The van der Waals surface area contributed by atoms with Gasteiger partial charge in [0, 0.05) is 24.2 Å². The first-order chi connectivity index (χ1) is 16.0. The van der Waals surface area contributed by atoms with Crippen molar-refractivity contribution >= 4 is 21.9 Å². The van der Waals surface area contributed by atoms with Crippen molar-refractivity contribution in [3.8, 4) is 11.5 Å². The van der Waals surface area contributed by atoms with Crippen LogP contribution >= 0.6 is 0 Å². The molecule has 2 heterocycles. The van der Waals surface area contributed by atoms with Gasteiger partial charge in [0.1, 0.15) is 0 Å². The van der Waals surface area contributed by atoms with E-state index in [1.165, 1.54) is 40.7 Å². The number of alkyl halides is 3. The lowest BCUT2D eigenvalue weighted by Crippen LogP contribution is -2.39. The fourth-order valence-corrected chi connectivity index (χ4v) is 5.32. The van der Waals surface area contributed by atoms with E-state index in [1.807, 2.05) is 6.92 Å². The normalized spacial score (nSPS) is 17.5. The van der Waals surface area contributed by atoms with Gasteiger partial charge in [-0.2, -0.15) is 17.5 Å². The van der Waals surface area contributed by atoms with Crippen LogP contribution < -0.4 is 5.32 Å². The van der Waals surface area contributed by atoms with Crippen LogP contribution in [0, 0.1) is 5.92 Å². The van der Waals surface area contributed by atoms with Gasteiger partial charge in [-0.15, -0.1) is 5.10 Å². The van der Waals surface area contributed by atoms with Crippen LogP contribution in [0.5, 0.6) is 0 Å². The van der Waals surface area contributed by atoms with Crippen molar-refractivity contribution in [2.75, 3.05) is 18.4 Å². The third-order valence-electron chi connectivity index (χ3n) is 5.46. The predicted octanol–water partition coefficient (Wildman–Crippen LogP) is 4.43. The van der Waals surface area contributed by atoms with Crippen LogP contribution in [-0.2, 0) is 16.2 Å². The molecule has 0 unspecified atom stereocenters. The first kappa shape index (κ1) is 23.9. The molecular formula is C22H21F3N4O4S. The van der Waals surface area contributed by atoms with E-state index >= 15 is 0 Å². The van der Waals surface area contributed by atoms with E-state index < -0.39 is 27.7 Å². The average Bonchev–Trinajstić information content (AvgIpc) is 3.27. The molecule has 1 N–H and O–H groups in total. The number of halogens is 3. The molecule has 2 aromatic carbocycles. The highest BCUT2D eigenvalue weighted by molar-refractivity contribution is 7.89. The fraction of sp³-hybridized carbons (Fsp3) is 0.318. The molecule has 0 bridgehead atoms. The number of piperidine rings is 1. The molecule has 0 radical (unpaired) electrons. The number of nitrogens with one attached hydrogen (secondary N) is 1. The number of carbonyl (C=O) groups is 1. The van der Waals surface area contributed by atoms with Gasteiger partial charge in [-0.25, -0.2) is 8.42 Å². The molecular weight excluding hydrogens is 473 g/mol. The van der Waals surface area contributed by atoms with Crippen molar-refractivity contribution in [3.05, 3.63) is 59.7 Å². The van der Waals surface area contributed by atoms with Crippen molar-refractivity contribution in [2.45, 2.75) is 30.8 Å². The number of hydrogen-bond acceptors (Lipinski definition) is 6. The zero-order chi connectivity index (χ0) is 24.5. The number of anilines is 1. The number of hydrogen-bond donors (Lipinski definition) is 1. The largest absolute Gasteiger partial charge is 0.416 e. The molecule has 0 saturated carbocycles. The van der Waals surface area contributed by atoms with E-state index in [2.05, 4.69) is 15.5 Å². The number of aromatic nitrogens is 2. The molecule has 1 saturated heterocycles. The topological polar surface area (TPSA) is 105 Å². The Hall–Kier alpha value is -3.25. The molecule has 1 fully saturated rings. The van der Waals surface area contributed by atoms with Crippen LogP contribution in [0.15, 0.2) is 57.8 Å². The maximum Gasteiger partial charge on any atom is 0.416 e. The van der Waals surface area contributed by atoms with Gasteiger partial charge in [0.25, 0.3) is 5.91 Å². The molecule has 1 atom stereocenters. The lowest BCUT2D eigenvalue weighted by atomic mass is 10.0. The number of amides is 1. The van der Waals surface area contributed by atoms with Gasteiger partial charge in [-0.3, -0.25) is 10.1 Å². The molecule has 1 aliphatic rings. The first-order valence-electron chi connectivity index (χ1n) is 10.5. The van der Waals surface area contributed by atoms with Gasteiger partial charge in [-0.05, 0) is 61.2 Å². The van der Waals surface area contributed by atoms with E-state index in [0.29, 0.717) is 13.1 Å². The molecule has 12 heteroatoms. The van der Waals surface area contributed by atoms with Crippen molar-refractivity contribution in [3.63, 3.8) is 0 Å². The van der Waals surface area contributed by atoms with E-state index in [4.69, 9.17) is 4.42 Å². The molecule has 3 aromatic rings. The molecule has 1 aliphatic heterocycles. The molecule has 8 nitrogen and oxygen atoms in total. The lowest BCUT2D eigenvalue weighted by Gasteiger charge is -2.30. The summed E-state index contributed by atoms with van der Waals surface area (Å²) in [7, 11) is -3.75. The van der Waals surface area contributed by atoms with E-state index in [9.17, 15) is 26.4 Å². The second kappa shape index (κ2) is 9.18. The van der Waals surface area contributed by atoms with Gasteiger partial charge >= 0.3 is 12.2 Å². The molecule has 1 aromatic heterocycles. The van der Waals surface area contributed by atoms with Crippen molar-refractivity contribution < 1.29 is 30.8 Å². The number of sulfonamides is 1. The Kier molecular flexibility index (Phi) is 6.45. The summed E-state index contributed by atoms with van der Waals surface area (Å²) < 4.78 is 70.9. The van der Waals surface area contributed by atoms with E-state index in [-0.39, 0.29) is 33.8 Å². The SMILES string of the molecule is C[C@@H]1CCCN(S(=O)(=O)c2cccc(C(=O)Nc3nnc(-c4ccc(C(F)(F)F)cc4)o3)c2)C1. The predicted molar refractivity (Wildman–Crippen MR) is 116 cm³/mol. The highest BCUT2D eigenvalue weighted by atomic mass is 32.2. The van der Waals surface area contributed by atoms with Gasteiger partial charge in [0.15, 0.2) is 0 Å². The second-order valence-corrected chi connectivity index (χ2v) is 10.0. The second-order valence-electron chi connectivity index (χ2n) is 8.08. The summed E-state index contributed by atoms with van der Waals surface area (Å²) in [5.41, 5.74) is -0.511. The van der Waals surface area contributed by atoms with E-state index in [1.54, 1.807) is 0 Å². The van der Waals surface area contributed by atoms with Crippen LogP contribution in [0.25, 0.3) is 11.5 Å². The van der Waals surface area contributed by atoms with Crippen molar-refractivity contribution in [1.82, 2.24) is 14.5 Å². The third-order valence-corrected chi connectivity index (χ3v) is 7.32. The van der Waals surface area contributed by atoms with Crippen LogP contribution in [0.4, 0.5) is 19.2 Å². The molecule has 180 valence electrons. The molecule has 4 rings (SSSR count). The number of rotatable bonds is 5. The molecule has 34 heavy (non-hydrogen) atoms. The van der Waals surface area contributed by atoms with Crippen LogP contribution in [0.3, 0.4) is 0 Å². The Morgan fingerprint density at radius 1 is 1.15 bits per heavy atom. The molecule has 0 aliphatic carbocycles. The van der Waals surface area contributed by atoms with Crippen LogP contribution in [0.2, 0.25) is 0 Å². The highest BCUT2D eigenvalue weighted by Gasteiger charge is 2.31. The Bertz CT molecular complexity index is 1290. The average molecular weight is 494 g/mol. The summed E-state index contributed by atoms with van der Waals surface area (Å²) in [6, 6.07) is 9.46. The quantitative estimate of drug-likeness (QED) is 0.563. The van der Waals surface area contributed by atoms with Crippen molar-refractivity contribution in [2.24, 2.45) is 5.92 Å². The summed E-state index contributed by atoms with van der Waals surface area (Å²) in [5.74, 6) is -0.502. The Morgan fingerprint density at radius 2 is 1.88 bits per heavy atom. The van der Waals surface area contributed by atoms with Crippen molar-refractivity contribution in [1.29, 1.82) is 0 Å². The minimum absolute atomic E-state index is 0.00484. The molecule has 1 amide bonds. The molecule has 0 spiro atoms. The summed E-state index contributed by atoms with van der Waals surface area (Å²) in [6.45, 7) is 2.85. The van der Waals surface area contributed by atoms with Crippen LogP contribution in [0.1, 0.15) is 35.7 Å². The zero-order valence-corrected chi connectivity index (χ0v) is 18.9. The number of carbonyl (C=O) groups excluding carboxylic acids is 1. The summed E-state index contributed by atoms with van der Waals surface area (Å²) >= 11 is 0. The number of nitrogens with zero attached hydrogens (tertiary/aromatic N) is 3. The van der Waals surface area contributed by atoms with Crippen LogP contribution in [-0.4, -0.2) is 41.9 Å². The Morgan fingerprint density at radius 3 is 2.56 bits per heavy atom. The Labute approximate surface area is 193 Å². The fourth-order valence-electron chi connectivity index (χ4n) is 3.67. The van der Waals surface area contributed by atoms with E-state index in [0.717, 1.165) is 25.0 Å². The minimum Gasteiger partial charge on any atom is -0.403 e. The van der Waals surface area contributed by atoms with Gasteiger partial charge < -0.3 is 4.42 Å². The maximum absolute atomic E-state index is 13.0. The smallest absolute Gasteiger partial charge is 0.403 e. The standard InChI is InChI=1S/C22H21F3N4O4S/c1-14-4-3-11-29(13-14)34(31,32)18-6-2-5-16(12-18)19(30)26-21-28-27-20(33-21)15-7-9-17(10-8-15)22(23,24)25/h2,5-10,12,14H,3-4,11,13H2,1H3,(H,26,28,30)/t14-/m1/s1.